The quantitative estimate of drug-likeness (QED) is 0.471. The molecule has 2 aromatic carbocycles. The molecule has 0 saturated carbocycles. The molecular formula is C27H34N4O3S. The Morgan fingerprint density at radius 1 is 1.06 bits per heavy atom. The standard InChI is InChI=1S/C27H34N4O3S/c1-27(2,22-8-10-23(34-3)11-9-22)24-19-35-26(28-24)29-25(33)21-6-4-20(5-7-21)18-31-14-12-30(13-15-31)16-17-32/h4-11,19,32H,12-18H2,1-3H3,(H,28,29,33). The van der Waals surface area contributed by atoms with Gasteiger partial charge in [-0.15, -0.1) is 11.3 Å². The van der Waals surface area contributed by atoms with Gasteiger partial charge in [0.1, 0.15) is 5.75 Å². The number of thiazole rings is 1. The number of aromatic nitrogens is 1. The fraction of sp³-hybridized carbons (Fsp3) is 0.407. The Balaban J connectivity index is 1.33. The summed E-state index contributed by atoms with van der Waals surface area (Å²) in [6.45, 7) is 10.0. The predicted octanol–water partition coefficient (Wildman–Crippen LogP) is 3.84. The van der Waals surface area contributed by atoms with Gasteiger partial charge in [0.25, 0.3) is 5.91 Å². The van der Waals surface area contributed by atoms with Gasteiger partial charge in [0, 0.05) is 55.6 Å². The van der Waals surface area contributed by atoms with Crippen molar-refractivity contribution in [2.24, 2.45) is 0 Å². The van der Waals surface area contributed by atoms with Crippen LogP contribution in [0.1, 0.15) is 41.0 Å². The van der Waals surface area contributed by atoms with Gasteiger partial charge in [-0.05, 0) is 35.4 Å². The van der Waals surface area contributed by atoms with Crippen LogP contribution in [0.3, 0.4) is 0 Å². The van der Waals surface area contributed by atoms with Gasteiger partial charge in [0.2, 0.25) is 0 Å². The van der Waals surface area contributed by atoms with E-state index in [1.807, 2.05) is 53.9 Å². The van der Waals surface area contributed by atoms with E-state index < -0.39 is 0 Å². The van der Waals surface area contributed by atoms with Gasteiger partial charge in [0.05, 0.1) is 19.4 Å². The molecule has 0 aliphatic carbocycles. The van der Waals surface area contributed by atoms with Crippen molar-refractivity contribution in [3.63, 3.8) is 0 Å². The van der Waals surface area contributed by atoms with E-state index in [1.165, 1.54) is 16.9 Å². The lowest BCUT2D eigenvalue weighted by Gasteiger charge is -2.34. The van der Waals surface area contributed by atoms with Crippen molar-refractivity contribution in [3.05, 3.63) is 76.3 Å². The molecule has 35 heavy (non-hydrogen) atoms. The first kappa shape index (κ1) is 25.3. The Kier molecular flexibility index (Phi) is 8.18. The summed E-state index contributed by atoms with van der Waals surface area (Å²) in [7, 11) is 1.66. The molecule has 0 unspecified atom stereocenters. The second kappa shape index (κ2) is 11.3. The van der Waals surface area contributed by atoms with E-state index in [2.05, 4.69) is 29.0 Å². The van der Waals surface area contributed by atoms with Crippen LogP contribution in [-0.2, 0) is 12.0 Å². The molecule has 1 saturated heterocycles. The third-order valence-corrected chi connectivity index (χ3v) is 7.44. The summed E-state index contributed by atoms with van der Waals surface area (Å²) in [6, 6.07) is 15.8. The maximum absolute atomic E-state index is 12.8. The van der Waals surface area contributed by atoms with Crippen molar-refractivity contribution in [3.8, 4) is 5.75 Å². The first-order valence-electron chi connectivity index (χ1n) is 12.0. The zero-order valence-electron chi connectivity index (χ0n) is 20.7. The van der Waals surface area contributed by atoms with E-state index in [4.69, 9.17) is 14.8 Å². The lowest BCUT2D eigenvalue weighted by Crippen LogP contribution is -2.46. The fourth-order valence-corrected chi connectivity index (χ4v) is 5.15. The number of hydrogen-bond donors (Lipinski definition) is 2. The molecule has 0 bridgehead atoms. The summed E-state index contributed by atoms with van der Waals surface area (Å²) >= 11 is 1.44. The van der Waals surface area contributed by atoms with Gasteiger partial charge >= 0.3 is 0 Å². The number of β-amino-alcohol motifs (C(OH)–C–C–N with tert-alkyl or cyclic N) is 1. The number of carbonyl (C=O) groups excluding carboxylic acids is 1. The number of nitrogens with zero attached hydrogens (tertiary/aromatic N) is 3. The highest BCUT2D eigenvalue weighted by atomic mass is 32.1. The number of methoxy groups -OCH3 is 1. The van der Waals surface area contributed by atoms with Crippen molar-refractivity contribution >= 4 is 22.4 Å². The van der Waals surface area contributed by atoms with Crippen LogP contribution in [0.5, 0.6) is 5.75 Å². The maximum atomic E-state index is 12.8. The molecule has 1 fully saturated rings. The van der Waals surface area contributed by atoms with E-state index in [0.717, 1.165) is 56.3 Å². The number of aliphatic hydroxyl groups excluding tert-OH is 1. The van der Waals surface area contributed by atoms with Crippen LogP contribution in [0, 0.1) is 0 Å². The molecular weight excluding hydrogens is 460 g/mol. The van der Waals surface area contributed by atoms with Crippen molar-refractivity contribution in [1.29, 1.82) is 0 Å². The predicted molar refractivity (Wildman–Crippen MR) is 140 cm³/mol. The summed E-state index contributed by atoms with van der Waals surface area (Å²) in [4.78, 5) is 22.2. The number of carbonyl (C=O) groups is 1. The van der Waals surface area contributed by atoms with Crippen LogP contribution in [0.2, 0.25) is 0 Å². The first-order valence-corrected chi connectivity index (χ1v) is 12.8. The maximum Gasteiger partial charge on any atom is 0.257 e. The van der Waals surface area contributed by atoms with Crippen LogP contribution in [0.25, 0.3) is 0 Å². The molecule has 8 heteroatoms. The lowest BCUT2D eigenvalue weighted by molar-refractivity contribution is 0.102. The minimum absolute atomic E-state index is 0.155. The van der Waals surface area contributed by atoms with Gasteiger partial charge in [-0.1, -0.05) is 38.1 Å². The number of aliphatic hydroxyl groups is 1. The smallest absolute Gasteiger partial charge is 0.257 e. The van der Waals surface area contributed by atoms with Crippen LogP contribution in [-0.4, -0.2) is 72.2 Å². The molecule has 7 nitrogen and oxygen atoms in total. The van der Waals surface area contributed by atoms with Gasteiger partial charge in [-0.25, -0.2) is 4.98 Å². The number of amides is 1. The van der Waals surface area contributed by atoms with Crippen LogP contribution in [0.4, 0.5) is 5.13 Å². The summed E-state index contributed by atoms with van der Waals surface area (Å²) in [5, 5.41) is 14.6. The Morgan fingerprint density at radius 3 is 2.34 bits per heavy atom. The highest BCUT2D eigenvalue weighted by Crippen LogP contribution is 2.34. The number of nitrogens with one attached hydrogen (secondary N) is 1. The molecule has 2 heterocycles. The highest BCUT2D eigenvalue weighted by molar-refractivity contribution is 7.14. The van der Waals surface area contributed by atoms with E-state index in [9.17, 15) is 4.79 Å². The Hall–Kier alpha value is -2.78. The lowest BCUT2D eigenvalue weighted by atomic mass is 9.82. The first-order chi connectivity index (χ1) is 16.9. The number of benzene rings is 2. The number of hydrogen-bond acceptors (Lipinski definition) is 7. The SMILES string of the molecule is COc1ccc(C(C)(C)c2csc(NC(=O)c3ccc(CN4CCN(CCO)CC4)cc3)n2)cc1. The largest absolute Gasteiger partial charge is 0.497 e. The van der Waals surface area contributed by atoms with E-state index >= 15 is 0 Å². The summed E-state index contributed by atoms with van der Waals surface area (Å²) in [5.74, 6) is 0.666. The number of ether oxygens (including phenoxy) is 1. The zero-order chi connectivity index (χ0) is 24.8. The molecule has 186 valence electrons. The Morgan fingerprint density at radius 2 is 1.71 bits per heavy atom. The van der Waals surface area contributed by atoms with Gasteiger partial charge in [0.15, 0.2) is 5.13 Å². The summed E-state index contributed by atoms with van der Waals surface area (Å²) < 4.78 is 5.26. The van der Waals surface area contributed by atoms with Crippen LogP contribution < -0.4 is 10.1 Å². The van der Waals surface area contributed by atoms with Crippen LogP contribution in [0.15, 0.2) is 53.9 Å². The van der Waals surface area contributed by atoms with Gasteiger partial charge in [-0.2, -0.15) is 0 Å². The molecule has 0 spiro atoms. The van der Waals surface area contributed by atoms with Crippen molar-refractivity contribution in [2.75, 3.05) is 51.8 Å². The highest BCUT2D eigenvalue weighted by Gasteiger charge is 2.26. The summed E-state index contributed by atoms with van der Waals surface area (Å²) in [6.07, 6.45) is 0. The molecule has 3 aromatic rings. The molecule has 1 amide bonds. The molecule has 1 aliphatic rings. The average Bonchev–Trinajstić information content (AvgIpc) is 3.35. The molecule has 1 aromatic heterocycles. The monoisotopic (exact) mass is 494 g/mol. The van der Waals surface area contributed by atoms with Crippen molar-refractivity contribution < 1.29 is 14.6 Å². The normalized spacial score (nSPS) is 15.2. The van der Waals surface area contributed by atoms with E-state index in [1.54, 1.807) is 7.11 Å². The molecule has 4 rings (SSSR count). The second-order valence-corrected chi connectivity index (χ2v) is 10.2. The zero-order valence-corrected chi connectivity index (χ0v) is 21.5. The Labute approximate surface area is 211 Å². The number of rotatable bonds is 9. The van der Waals surface area contributed by atoms with E-state index in [0.29, 0.717) is 10.7 Å². The summed E-state index contributed by atoms with van der Waals surface area (Å²) in [5.41, 5.74) is 3.56. The topological polar surface area (TPSA) is 77.9 Å². The third kappa shape index (κ3) is 6.27. The molecule has 0 radical (unpaired) electrons. The molecule has 2 N–H and O–H groups in total. The second-order valence-electron chi connectivity index (χ2n) is 9.38. The molecule has 0 atom stereocenters. The minimum Gasteiger partial charge on any atom is -0.497 e. The number of piperazine rings is 1. The third-order valence-electron chi connectivity index (χ3n) is 6.68. The molecule has 1 aliphatic heterocycles. The minimum atomic E-state index is -0.295. The number of anilines is 1. The van der Waals surface area contributed by atoms with E-state index in [-0.39, 0.29) is 17.9 Å². The van der Waals surface area contributed by atoms with Gasteiger partial charge in [-0.3, -0.25) is 19.9 Å². The van der Waals surface area contributed by atoms with Crippen molar-refractivity contribution in [1.82, 2.24) is 14.8 Å². The fourth-order valence-electron chi connectivity index (χ4n) is 4.28. The van der Waals surface area contributed by atoms with Crippen LogP contribution >= 0.6 is 11.3 Å². The van der Waals surface area contributed by atoms with Crippen molar-refractivity contribution in [2.45, 2.75) is 25.8 Å². The Bertz CT molecular complexity index is 1100. The van der Waals surface area contributed by atoms with Gasteiger partial charge < -0.3 is 9.84 Å². The average molecular weight is 495 g/mol.